The van der Waals surface area contributed by atoms with E-state index in [9.17, 15) is 0 Å². The normalized spacial score (nSPS) is 12.2. The van der Waals surface area contributed by atoms with Crippen LogP contribution in [-0.4, -0.2) is 18.3 Å². The molecule has 0 spiro atoms. The molecule has 0 saturated carbocycles. The van der Waals surface area contributed by atoms with Crippen LogP contribution >= 0.6 is 0 Å². The van der Waals surface area contributed by atoms with E-state index in [1.165, 1.54) is 148 Å². The van der Waals surface area contributed by atoms with Gasteiger partial charge in [-0.25, -0.2) is 0 Å². The maximum Gasteiger partial charge on any atom is 0.145 e. The highest BCUT2D eigenvalue weighted by molar-refractivity contribution is 6.29. The largest absolute Gasteiger partial charge is 0.456 e. The van der Waals surface area contributed by atoms with Crippen LogP contribution in [0.1, 0.15) is 0 Å². The first kappa shape index (κ1) is 58.4. The zero-order valence-electron chi connectivity index (χ0n) is 57.2. The van der Waals surface area contributed by atoms with Crippen LogP contribution in [0.2, 0.25) is 0 Å². The number of nitrogens with zero attached hydrogens (tertiary/aromatic N) is 4. The van der Waals surface area contributed by atoms with E-state index in [1.54, 1.807) is 0 Å². The molecule has 24 rings (SSSR count). The first-order chi connectivity index (χ1) is 52.6. The van der Waals surface area contributed by atoms with Crippen molar-refractivity contribution in [1.29, 1.82) is 0 Å². The van der Waals surface area contributed by atoms with Gasteiger partial charge in [-0.3, -0.25) is 0 Å². The molecule has 0 unspecified atom stereocenters. The molecule has 6 aromatic heterocycles. The zero-order chi connectivity index (χ0) is 69.2. The Morgan fingerprint density at radius 1 is 0.170 bits per heavy atom. The Balaban J connectivity index is 0.000000129. The number of furan rings is 2. The Kier molecular flexibility index (Phi) is 12.5. The van der Waals surface area contributed by atoms with Crippen molar-refractivity contribution in [3.63, 3.8) is 0 Å². The minimum Gasteiger partial charge on any atom is -0.456 e. The van der Waals surface area contributed by atoms with Crippen molar-refractivity contribution < 1.29 is 8.83 Å². The van der Waals surface area contributed by atoms with Gasteiger partial charge in [-0.15, -0.1) is 0 Å². The summed E-state index contributed by atoms with van der Waals surface area (Å²) in [5.41, 5.74) is 22.5. The van der Waals surface area contributed by atoms with Gasteiger partial charge in [0, 0.05) is 81.4 Å². The lowest BCUT2D eigenvalue weighted by Crippen LogP contribution is -1.95. The van der Waals surface area contributed by atoms with E-state index >= 15 is 0 Å². The second kappa shape index (κ2) is 22.6. The monoisotopic (exact) mass is 1350 g/mol. The molecule has 6 heteroatoms. The molecule has 0 aliphatic heterocycles. The molecule has 0 aliphatic carbocycles. The standard InChI is InChI=1S/2C50H30N2O/c1-2-12-33-28-36(23-20-31(33)10-1)51-46-26-22-35(30-42(46)49-47(51)27-24-40-39-16-6-8-19-48(39)53-50(40)49)34-21-25-45-41(29-34)38-15-5-7-17-44(38)52(45)43-18-9-13-32-11-3-4-14-37(32)43;1-2-12-33-28-36(23-20-31(33)10-1)51-45-25-22-35(30-41(45)49-46(51)26-27-48-50(49)39-16-6-8-19-47(39)53-48)34-21-24-44-40(29-34)38-15-5-7-17-43(38)52(44)42-18-9-13-32-11-3-4-14-37(32)42/h2*1-30H. The molecule has 18 aromatic carbocycles. The van der Waals surface area contributed by atoms with E-state index in [4.69, 9.17) is 8.83 Å². The van der Waals surface area contributed by atoms with Crippen molar-refractivity contribution in [2.24, 2.45) is 0 Å². The predicted molar refractivity (Wildman–Crippen MR) is 446 cm³/mol. The molecule has 0 bridgehead atoms. The Morgan fingerprint density at radius 3 is 1.08 bits per heavy atom. The summed E-state index contributed by atoms with van der Waals surface area (Å²) >= 11 is 0. The fourth-order valence-corrected chi connectivity index (χ4v) is 17.8. The SMILES string of the molecule is c1ccc2cc(-n3c4ccc(-c5ccc6c(c5)c5ccccc5n6-c5cccc6ccccc56)cc4c4c5c(ccc43)oc3ccccc35)ccc2c1.c1ccc2cc(-n3c4ccc(-c5ccc6c(c5)c5ccccc5n6-c5cccc6ccccc56)cc4c4c5oc6ccccc6c5ccc43)ccc2c1. The molecular weight excluding hydrogens is 1290 g/mol. The second-order valence-corrected chi connectivity index (χ2v) is 28.2. The number of hydrogen-bond donors (Lipinski definition) is 0. The van der Waals surface area contributed by atoms with Crippen LogP contribution in [0.25, 0.3) is 219 Å². The number of benzene rings is 18. The van der Waals surface area contributed by atoms with Crippen molar-refractivity contribution in [2.75, 3.05) is 0 Å². The molecule has 0 saturated heterocycles. The molecule has 492 valence electrons. The van der Waals surface area contributed by atoms with E-state index in [2.05, 4.69) is 370 Å². The molecule has 6 nitrogen and oxygen atoms in total. The van der Waals surface area contributed by atoms with Crippen molar-refractivity contribution in [3.8, 4) is 45.0 Å². The van der Waals surface area contributed by atoms with Crippen molar-refractivity contribution in [2.45, 2.75) is 0 Å². The summed E-state index contributed by atoms with van der Waals surface area (Å²) in [6.07, 6.45) is 0. The third kappa shape index (κ3) is 8.67. The molecule has 0 radical (unpaired) electrons. The van der Waals surface area contributed by atoms with Gasteiger partial charge in [-0.05, 0) is 188 Å². The first-order valence-electron chi connectivity index (χ1n) is 36.4. The van der Waals surface area contributed by atoms with Gasteiger partial charge in [0.05, 0.1) is 60.9 Å². The molecule has 106 heavy (non-hydrogen) atoms. The fraction of sp³-hybridized carbons (Fsp3) is 0. The maximum atomic E-state index is 6.70. The van der Waals surface area contributed by atoms with Crippen LogP contribution in [0, 0.1) is 0 Å². The fourth-order valence-electron chi connectivity index (χ4n) is 17.8. The first-order valence-corrected chi connectivity index (χ1v) is 36.4. The molecule has 0 atom stereocenters. The average molecular weight is 1350 g/mol. The van der Waals surface area contributed by atoms with Gasteiger partial charge in [0.15, 0.2) is 0 Å². The summed E-state index contributed by atoms with van der Waals surface area (Å²) in [6, 6.07) is 132. The third-order valence-electron chi connectivity index (χ3n) is 22.6. The van der Waals surface area contributed by atoms with E-state index in [-0.39, 0.29) is 0 Å². The smallest absolute Gasteiger partial charge is 0.145 e. The molecule has 6 heterocycles. The third-order valence-corrected chi connectivity index (χ3v) is 22.6. The number of rotatable bonds is 6. The molecule has 0 N–H and O–H groups in total. The van der Waals surface area contributed by atoms with E-state index in [1.807, 2.05) is 12.1 Å². The molecule has 0 fully saturated rings. The van der Waals surface area contributed by atoms with Crippen LogP contribution in [0.4, 0.5) is 0 Å². The summed E-state index contributed by atoms with van der Waals surface area (Å²) < 4.78 is 22.8. The quantitative estimate of drug-likeness (QED) is 0.167. The average Bonchev–Trinajstić information content (AvgIpc) is 1.56. The lowest BCUT2D eigenvalue weighted by Gasteiger charge is -2.12. The number of para-hydroxylation sites is 4. The van der Waals surface area contributed by atoms with Crippen LogP contribution in [0.5, 0.6) is 0 Å². The van der Waals surface area contributed by atoms with Crippen LogP contribution in [-0.2, 0) is 0 Å². The highest BCUT2D eigenvalue weighted by Crippen LogP contribution is 2.47. The zero-order valence-corrected chi connectivity index (χ0v) is 57.2. The van der Waals surface area contributed by atoms with Crippen molar-refractivity contribution in [3.05, 3.63) is 364 Å². The van der Waals surface area contributed by atoms with Crippen molar-refractivity contribution in [1.82, 2.24) is 18.3 Å². The second-order valence-electron chi connectivity index (χ2n) is 28.2. The number of hydrogen-bond acceptors (Lipinski definition) is 2. The highest BCUT2D eigenvalue weighted by Gasteiger charge is 2.24. The van der Waals surface area contributed by atoms with Crippen LogP contribution < -0.4 is 0 Å². The van der Waals surface area contributed by atoms with Gasteiger partial charge in [-0.1, -0.05) is 231 Å². The Hall–Kier alpha value is -14.2. The van der Waals surface area contributed by atoms with Gasteiger partial charge in [0.2, 0.25) is 0 Å². The van der Waals surface area contributed by atoms with Gasteiger partial charge in [-0.2, -0.15) is 0 Å². The molecule has 24 aromatic rings. The minimum absolute atomic E-state index is 0.907. The lowest BCUT2D eigenvalue weighted by molar-refractivity contribution is 0.669. The van der Waals surface area contributed by atoms with Gasteiger partial charge >= 0.3 is 0 Å². The maximum absolute atomic E-state index is 6.70. The van der Waals surface area contributed by atoms with Gasteiger partial charge in [0.1, 0.15) is 22.3 Å². The minimum atomic E-state index is 0.907. The number of aromatic nitrogens is 4. The van der Waals surface area contributed by atoms with E-state index in [0.29, 0.717) is 0 Å². The summed E-state index contributed by atoms with van der Waals surface area (Å²) in [7, 11) is 0. The summed E-state index contributed by atoms with van der Waals surface area (Å²) in [5.74, 6) is 0. The summed E-state index contributed by atoms with van der Waals surface area (Å²) in [5, 5.41) is 24.2. The summed E-state index contributed by atoms with van der Waals surface area (Å²) in [4.78, 5) is 0. The van der Waals surface area contributed by atoms with Gasteiger partial charge < -0.3 is 27.1 Å². The Morgan fingerprint density at radius 2 is 0.547 bits per heavy atom. The molecule has 0 aliphatic rings. The predicted octanol–water partition coefficient (Wildman–Crippen LogP) is 27.5. The van der Waals surface area contributed by atoms with Gasteiger partial charge in [0.25, 0.3) is 0 Å². The lowest BCUT2D eigenvalue weighted by atomic mass is 9.99. The van der Waals surface area contributed by atoms with Crippen LogP contribution in [0.15, 0.2) is 373 Å². The Bertz CT molecular complexity index is 7840. The highest BCUT2D eigenvalue weighted by atomic mass is 16.3. The summed E-state index contributed by atoms with van der Waals surface area (Å²) in [6.45, 7) is 0. The number of fused-ring (bicyclic) bond motifs is 24. The van der Waals surface area contributed by atoms with Crippen LogP contribution in [0.3, 0.4) is 0 Å². The topological polar surface area (TPSA) is 46.0 Å². The Labute approximate surface area is 606 Å². The molecule has 0 amide bonds. The molecular formula is C100H60N4O2. The van der Waals surface area contributed by atoms with E-state index in [0.717, 1.165) is 71.7 Å². The van der Waals surface area contributed by atoms with E-state index < -0.39 is 0 Å². The van der Waals surface area contributed by atoms with Crippen molar-refractivity contribution >= 4 is 174 Å².